The lowest BCUT2D eigenvalue weighted by Crippen LogP contribution is -2.35. The third-order valence-electron chi connectivity index (χ3n) is 3.71. The average Bonchev–Trinajstić information content (AvgIpc) is 2.92. The van der Waals surface area contributed by atoms with Crippen molar-refractivity contribution in [2.45, 2.75) is 37.0 Å². The van der Waals surface area contributed by atoms with Gasteiger partial charge in [0.15, 0.2) is 0 Å². The molecule has 1 aliphatic carbocycles. The summed E-state index contributed by atoms with van der Waals surface area (Å²) in [6, 6.07) is 0. The number of thioether (sulfide) groups is 1. The molecule has 0 amide bonds. The van der Waals surface area contributed by atoms with Gasteiger partial charge in [-0.15, -0.1) is 0 Å². The molecule has 1 saturated carbocycles. The van der Waals surface area contributed by atoms with E-state index in [1.165, 1.54) is 25.7 Å². The first-order valence-electron chi connectivity index (χ1n) is 6.09. The minimum atomic E-state index is 0.453. The summed E-state index contributed by atoms with van der Waals surface area (Å²) in [6.07, 6.45) is 9.35. The third kappa shape index (κ3) is 2.98. The number of imidazole rings is 1. The van der Waals surface area contributed by atoms with E-state index in [1.807, 2.05) is 23.4 Å². The lowest BCUT2D eigenvalue weighted by molar-refractivity contribution is 0.521. The SMILES string of the molecule is CSC1(CNCc2ncc(Cl)n2C)CCCC1. The number of halogens is 1. The van der Waals surface area contributed by atoms with Gasteiger partial charge in [0.1, 0.15) is 11.0 Å². The summed E-state index contributed by atoms with van der Waals surface area (Å²) in [7, 11) is 1.95. The highest BCUT2D eigenvalue weighted by Gasteiger charge is 2.32. The van der Waals surface area contributed by atoms with E-state index in [2.05, 4.69) is 16.6 Å². The van der Waals surface area contributed by atoms with Crippen molar-refractivity contribution in [3.05, 3.63) is 17.2 Å². The largest absolute Gasteiger partial charge is 0.321 e. The van der Waals surface area contributed by atoms with Crippen LogP contribution in [0.4, 0.5) is 0 Å². The molecule has 2 rings (SSSR count). The molecule has 0 spiro atoms. The first kappa shape index (κ1) is 13.2. The van der Waals surface area contributed by atoms with Crippen molar-refractivity contribution in [1.29, 1.82) is 0 Å². The summed E-state index contributed by atoms with van der Waals surface area (Å²) < 4.78 is 2.38. The minimum Gasteiger partial charge on any atom is -0.321 e. The van der Waals surface area contributed by atoms with Crippen LogP contribution in [0.25, 0.3) is 0 Å². The molecular weight excluding hydrogens is 254 g/mol. The fraction of sp³-hybridized carbons (Fsp3) is 0.750. The van der Waals surface area contributed by atoms with Gasteiger partial charge >= 0.3 is 0 Å². The van der Waals surface area contributed by atoms with E-state index < -0.39 is 0 Å². The van der Waals surface area contributed by atoms with Crippen molar-refractivity contribution in [3.8, 4) is 0 Å². The Morgan fingerprint density at radius 1 is 1.53 bits per heavy atom. The van der Waals surface area contributed by atoms with Crippen LogP contribution in [0.15, 0.2) is 6.20 Å². The van der Waals surface area contributed by atoms with Gasteiger partial charge in [-0.2, -0.15) is 11.8 Å². The summed E-state index contributed by atoms with van der Waals surface area (Å²) >= 11 is 7.97. The number of hydrogen-bond donors (Lipinski definition) is 1. The smallest absolute Gasteiger partial charge is 0.128 e. The molecule has 0 bridgehead atoms. The molecule has 0 aliphatic heterocycles. The fourth-order valence-corrected chi connectivity index (χ4v) is 3.55. The number of hydrogen-bond acceptors (Lipinski definition) is 3. The molecule has 0 saturated heterocycles. The summed E-state index contributed by atoms with van der Waals surface area (Å²) in [5.74, 6) is 1.00. The molecule has 1 N–H and O–H groups in total. The molecular formula is C12H20ClN3S. The molecule has 0 radical (unpaired) electrons. The maximum Gasteiger partial charge on any atom is 0.128 e. The van der Waals surface area contributed by atoms with Gasteiger partial charge in [0, 0.05) is 18.3 Å². The van der Waals surface area contributed by atoms with Gasteiger partial charge < -0.3 is 9.88 Å². The molecule has 5 heteroatoms. The van der Waals surface area contributed by atoms with Crippen LogP contribution in [-0.4, -0.2) is 27.1 Å². The van der Waals surface area contributed by atoms with Gasteiger partial charge in [0.05, 0.1) is 12.7 Å². The lowest BCUT2D eigenvalue weighted by atomic mass is 10.1. The Balaban J connectivity index is 1.85. The second-order valence-electron chi connectivity index (χ2n) is 4.75. The Morgan fingerprint density at radius 2 is 2.24 bits per heavy atom. The number of nitrogens with zero attached hydrogens (tertiary/aromatic N) is 2. The first-order chi connectivity index (χ1) is 8.17. The number of rotatable bonds is 5. The average molecular weight is 274 g/mol. The van der Waals surface area contributed by atoms with Gasteiger partial charge in [0.25, 0.3) is 0 Å². The Labute approximate surface area is 112 Å². The van der Waals surface area contributed by atoms with Gasteiger partial charge in [-0.05, 0) is 19.1 Å². The van der Waals surface area contributed by atoms with E-state index in [0.29, 0.717) is 9.90 Å². The van der Waals surface area contributed by atoms with E-state index in [9.17, 15) is 0 Å². The quantitative estimate of drug-likeness (QED) is 0.895. The second kappa shape index (κ2) is 5.63. The first-order valence-corrected chi connectivity index (χ1v) is 7.69. The van der Waals surface area contributed by atoms with Crippen molar-refractivity contribution >= 4 is 23.4 Å². The topological polar surface area (TPSA) is 29.9 Å². The maximum absolute atomic E-state index is 5.96. The zero-order valence-electron chi connectivity index (χ0n) is 10.5. The van der Waals surface area contributed by atoms with Crippen LogP contribution in [0.1, 0.15) is 31.5 Å². The molecule has 1 fully saturated rings. The zero-order chi connectivity index (χ0) is 12.3. The lowest BCUT2D eigenvalue weighted by Gasteiger charge is -2.27. The van der Waals surface area contributed by atoms with Gasteiger partial charge in [-0.25, -0.2) is 4.98 Å². The molecule has 1 aromatic rings. The fourth-order valence-electron chi connectivity index (χ4n) is 2.46. The number of aromatic nitrogens is 2. The predicted octanol–water partition coefficient (Wildman–Crippen LogP) is 2.84. The monoisotopic (exact) mass is 273 g/mol. The van der Waals surface area contributed by atoms with E-state index in [4.69, 9.17) is 11.6 Å². The maximum atomic E-state index is 5.96. The third-order valence-corrected chi connectivity index (χ3v) is 5.48. The second-order valence-corrected chi connectivity index (χ2v) is 6.42. The molecule has 96 valence electrons. The van der Waals surface area contributed by atoms with Crippen molar-refractivity contribution in [2.24, 2.45) is 7.05 Å². The van der Waals surface area contributed by atoms with Crippen LogP contribution in [0.5, 0.6) is 0 Å². The van der Waals surface area contributed by atoms with Gasteiger partial charge in [0.2, 0.25) is 0 Å². The Bertz CT molecular complexity index is 372. The van der Waals surface area contributed by atoms with Gasteiger partial charge in [-0.1, -0.05) is 24.4 Å². The van der Waals surface area contributed by atoms with E-state index in [0.717, 1.165) is 18.9 Å². The summed E-state index contributed by atoms with van der Waals surface area (Å²) in [4.78, 5) is 4.29. The highest BCUT2D eigenvalue weighted by atomic mass is 35.5. The zero-order valence-corrected chi connectivity index (χ0v) is 12.1. The Morgan fingerprint density at radius 3 is 2.76 bits per heavy atom. The normalized spacial score (nSPS) is 18.8. The molecule has 17 heavy (non-hydrogen) atoms. The Kier molecular flexibility index (Phi) is 4.39. The van der Waals surface area contributed by atoms with Crippen LogP contribution in [0.2, 0.25) is 5.15 Å². The van der Waals surface area contributed by atoms with Gasteiger partial charge in [-0.3, -0.25) is 0 Å². The molecule has 3 nitrogen and oxygen atoms in total. The summed E-state index contributed by atoms with van der Waals surface area (Å²) in [5.41, 5.74) is 0. The van der Waals surface area contributed by atoms with Crippen LogP contribution < -0.4 is 5.32 Å². The van der Waals surface area contributed by atoms with Crippen LogP contribution in [-0.2, 0) is 13.6 Å². The molecule has 1 heterocycles. The van der Waals surface area contributed by atoms with E-state index >= 15 is 0 Å². The highest BCUT2D eigenvalue weighted by Crippen LogP contribution is 2.39. The molecule has 1 aromatic heterocycles. The summed E-state index contributed by atoms with van der Waals surface area (Å²) in [6.45, 7) is 1.87. The molecule has 0 atom stereocenters. The predicted molar refractivity (Wildman–Crippen MR) is 74.6 cm³/mol. The van der Waals surface area contributed by atoms with Crippen molar-refractivity contribution in [1.82, 2.24) is 14.9 Å². The standard InChI is InChI=1S/C12H20ClN3S/c1-16-10(13)7-15-11(16)8-14-9-12(17-2)5-3-4-6-12/h7,14H,3-6,8-9H2,1-2H3. The van der Waals surface area contributed by atoms with Crippen LogP contribution in [0.3, 0.4) is 0 Å². The minimum absolute atomic E-state index is 0.453. The molecule has 1 aliphatic rings. The van der Waals surface area contributed by atoms with E-state index in [-0.39, 0.29) is 0 Å². The van der Waals surface area contributed by atoms with Crippen molar-refractivity contribution in [3.63, 3.8) is 0 Å². The number of nitrogens with one attached hydrogen (secondary N) is 1. The van der Waals surface area contributed by atoms with Crippen LogP contribution in [0, 0.1) is 0 Å². The van der Waals surface area contributed by atoms with Crippen molar-refractivity contribution in [2.75, 3.05) is 12.8 Å². The summed E-state index contributed by atoms with van der Waals surface area (Å²) in [5, 5.41) is 4.22. The Hall–Kier alpha value is -0.190. The highest BCUT2D eigenvalue weighted by molar-refractivity contribution is 8.00. The molecule has 0 aromatic carbocycles. The van der Waals surface area contributed by atoms with Crippen LogP contribution >= 0.6 is 23.4 Å². The van der Waals surface area contributed by atoms with E-state index in [1.54, 1.807) is 6.20 Å². The molecule has 0 unspecified atom stereocenters. The van der Waals surface area contributed by atoms with Crippen molar-refractivity contribution < 1.29 is 0 Å².